The summed E-state index contributed by atoms with van der Waals surface area (Å²) < 4.78 is 0. The monoisotopic (exact) mass is 616 g/mol. The van der Waals surface area contributed by atoms with Crippen LogP contribution >= 0.6 is 0 Å². The summed E-state index contributed by atoms with van der Waals surface area (Å²) in [5, 5.41) is 63.0. The van der Waals surface area contributed by atoms with Gasteiger partial charge >= 0.3 is 35.8 Å². The Labute approximate surface area is 249 Å². The first kappa shape index (κ1) is 51.5. The Bertz CT molecular complexity index is 518. The van der Waals surface area contributed by atoms with Crippen molar-refractivity contribution in [1.82, 2.24) is 0 Å². The van der Waals surface area contributed by atoms with Crippen molar-refractivity contribution in [3.05, 3.63) is 0 Å². The van der Waals surface area contributed by atoms with Crippen LogP contribution in [0.25, 0.3) is 0 Å². The van der Waals surface area contributed by atoms with Crippen LogP contribution in [0.2, 0.25) is 0 Å². The molecule has 42 heavy (non-hydrogen) atoms. The maximum absolute atomic E-state index is 9.64. The fraction of sp³-hybridized carbons (Fsp3) is 0.786. The van der Waals surface area contributed by atoms with Crippen LogP contribution in [-0.2, 0) is 28.8 Å². The number of unbranched alkanes of at least 4 members (excludes halogenated alkanes) is 8. The molecule has 0 aromatic carbocycles. The molecule has 0 rings (SSSR count). The highest BCUT2D eigenvalue weighted by atomic mass is 16.4. The second kappa shape index (κ2) is 47.5. The first-order valence-electron chi connectivity index (χ1n) is 14.1. The van der Waals surface area contributed by atoms with E-state index in [9.17, 15) is 28.8 Å². The standard InChI is InChI=1S/C10H22.3C4H6O4.C4H10O.C2H6O/c1-3-5-7-9-10-8-6-4-2;3*5-3(6)1-2-4(7)8;1-2-3-4-5;1-2-3/h3-10H2,1-2H3;3*1-2H2,(H,5,6)(H,7,8);5H,2-4H2,1H3;3H,2H2,1H3. The summed E-state index contributed by atoms with van der Waals surface area (Å²) in [4.78, 5) is 57.8. The molecule has 14 heteroatoms. The molecule has 0 aromatic rings. The maximum Gasteiger partial charge on any atom is 0.303 e. The van der Waals surface area contributed by atoms with Crippen molar-refractivity contribution in [3.63, 3.8) is 0 Å². The predicted molar refractivity (Wildman–Crippen MR) is 157 cm³/mol. The minimum absolute atomic E-state index is 0.250. The quantitative estimate of drug-likeness (QED) is 0.0967. The lowest BCUT2D eigenvalue weighted by Gasteiger charge is -1.97. The highest BCUT2D eigenvalue weighted by molar-refractivity contribution is 5.76. The largest absolute Gasteiger partial charge is 0.481 e. The zero-order valence-electron chi connectivity index (χ0n) is 25.8. The average Bonchev–Trinajstić information content (AvgIpc) is 2.89. The van der Waals surface area contributed by atoms with Gasteiger partial charge in [-0.1, -0.05) is 78.6 Å². The molecule has 0 atom stereocenters. The molecule has 8 N–H and O–H groups in total. The van der Waals surface area contributed by atoms with Crippen LogP contribution in [0.3, 0.4) is 0 Å². The maximum atomic E-state index is 9.64. The molecular formula is C28H56O14. The highest BCUT2D eigenvalue weighted by Crippen LogP contribution is 2.07. The fourth-order valence-corrected chi connectivity index (χ4v) is 2.01. The third-order valence-corrected chi connectivity index (χ3v) is 4.13. The van der Waals surface area contributed by atoms with Crippen molar-refractivity contribution in [1.29, 1.82) is 0 Å². The van der Waals surface area contributed by atoms with Crippen molar-refractivity contribution >= 4 is 35.8 Å². The summed E-state index contributed by atoms with van der Waals surface area (Å²) in [5.41, 5.74) is 0. The number of aliphatic hydroxyl groups excluding tert-OH is 2. The normalized spacial score (nSPS) is 8.71. The van der Waals surface area contributed by atoms with Gasteiger partial charge in [0.2, 0.25) is 0 Å². The number of carboxylic acid groups (broad SMARTS) is 6. The number of aliphatic hydroxyl groups is 2. The Morgan fingerprint density at radius 2 is 0.524 bits per heavy atom. The number of carboxylic acids is 6. The highest BCUT2D eigenvalue weighted by Gasteiger charge is 2.01. The van der Waals surface area contributed by atoms with Gasteiger partial charge in [0.05, 0.1) is 38.5 Å². The predicted octanol–water partition coefficient (Wildman–Crippen LogP) is 4.73. The lowest BCUT2D eigenvalue weighted by atomic mass is 10.1. The van der Waals surface area contributed by atoms with Crippen LogP contribution in [0.5, 0.6) is 0 Å². The number of aliphatic carboxylic acids is 6. The van der Waals surface area contributed by atoms with Gasteiger partial charge in [0, 0.05) is 13.2 Å². The van der Waals surface area contributed by atoms with E-state index in [-0.39, 0.29) is 45.1 Å². The second-order valence-corrected chi connectivity index (χ2v) is 8.38. The van der Waals surface area contributed by atoms with Crippen LogP contribution < -0.4 is 0 Å². The van der Waals surface area contributed by atoms with Crippen molar-refractivity contribution in [2.75, 3.05) is 13.2 Å². The molecule has 0 radical (unpaired) electrons. The molecule has 0 aliphatic heterocycles. The van der Waals surface area contributed by atoms with Crippen LogP contribution in [0.1, 0.15) is 130 Å². The number of hydrogen-bond donors (Lipinski definition) is 8. The summed E-state index contributed by atoms with van der Waals surface area (Å²) in [5.74, 6) is -6.46. The van der Waals surface area contributed by atoms with Gasteiger partial charge in [-0.25, -0.2) is 0 Å². The molecule has 0 saturated carbocycles. The molecule has 0 bridgehead atoms. The number of hydrogen-bond acceptors (Lipinski definition) is 8. The van der Waals surface area contributed by atoms with E-state index in [0.717, 1.165) is 12.8 Å². The molecule has 0 saturated heterocycles. The Hall–Kier alpha value is -3.26. The summed E-state index contributed by atoms with van der Waals surface area (Å²) in [6.45, 7) is 8.87. The minimum atomic E-state index is -1.08. The first-order chi connectivity index (χ1) is 19.6. The first-order valence-corrected chi connectivity index (χ1v) is 14.1. The van der Waals surface area contributed by atoms with E-state index in [2.05, 4.69) is 20.8 Å². The summed E-state index contributed by atoms with van der Waals surface area (Å²) in [7, 11) is 0. The van der Waals surface area contributed by atoms with E-state index in [4.69, 9.17) is 40.9 Å². The minimum Gasteiger partial charge on any atom is -0.481 e. The molecular weight excluding hydrogens is 560 g/mol. The number of carbonyl (C=O) groups is 6. The Kier molecular flexibility index (Phi) is 58.2. The second-order valence-electron chi connectivity index (χ2n) is 8.38. The van der Waals surface area contributed by atoms with Crippen LogP contribution in [0.15, 0.2) is 0 Å². The SMILES string of the molecule is CCCCCCCCCC.CCCCO.CCO.O=C(O)CCC(=O)O.O=C(O)CCC(=O)O.O=C(O)CCC(=O)O. The molecule has 0 amide bonds. The van der Waals surface area contributed by atoms with E-state index in [1.54, 1.807) is 6.92 Å². The van der Waals surface area contributed by atoms with E-state index in [1.165, 1.54) is 51.4 Å². The molecule has 252 valence electrons. The fourth-order valence-electron chi connectivity index (χ4n) is 2.01. The Morgan fingerprint density at radius 3 is 0.619 bits per heavy atom. The van der Waals surface area contributed by atoms with Crippen LogP contribution in [0.4, 0.5) is 0 Å². The topological polar surface area (TPSA) is 264 Å². The van der Waals surface area contributed by atoms with Gasteiger partial charge in [-0.15, -0.1) is 0 Å². The van der Waals surface area contributed by atoms with Gasteiger partial charge in [0.1, 0.15) is 0 Å². The molecule has 14 nitrogen and oxygen atoms in total. The molecule has 0 aromatic heterocycles. The van der Waals surface area contributed by atoms with E-state index in [1.807, 2.05) is 0 Å². The van der Waals surface area contributed by atoms with E-state index >= 15 is 0 Å². The zero-order valence-corrected chi connectivity index (χ0v) is 25.8. The summed E-state index contributed by atoms with van der Waals surface area (Å²) in [6.07, 6.45) is 11.7. The van der Waals surface area contributed by atoms with Gasteiger partial charge in [0.15, 0.2) is 0 Å². The van der Waals surface area contributed by atoms with Crippen molar-refractivity contribution in [2.45, 2.75) is 130 Å². The number of rotatable bonds is 18. The van der Waals surface area contributed by atoms with Crippen molar-refractivity contribution in [3.8, 4) is 0 Å². The zero-order chi connectivity index (χ0) is 34.2. The lowest BCUT2D eigenvalue weighted by Crippen LogP contribution is -2.00. The van der Waals surface area contributed by atoms with Crippen LogP contribution in [-0.4, -0.2) is 89.9 Å². The molecule has 0 fully saturated rings. The molecule has 0 aliphatic rings. The molecule has 0 unspecified atom stereocenters. The third-order valence-electron chi connectivity index (χ3n) is 4.13. The van der Waals surface area contributed by atoms with Gasteiger partial charge in [-0.2, -0.15) is 0 Å². The van der Waals surface area contributed by atoms with Crippen molar-refractivity contribution < 1.29 is 69.6 Å². The van der Waals surface area contributed by atoms with E-state index in [0.29, 0.717) is 6.61 Å². The van der Waals surface area contributed by atoms with Gasteiger partial charge in [-0.3, -0.25) is 28.8 Å². The third kappa shape index (κ3) is 109. The molecule has 0 spiro atoms. The Balaban J connectivity index is -0.0000000952. The van der Waals surface area contributed by atoms with Crippen LogP contribution in [0, 0.1) is 0 Å². The Morgan fingerprint density at radius 1 is 0.357 bits per heavy atom. The van der Waals surface area contributed by atoms with E-state index < -0.39 is 35.8 Å². The smallest absolute Gasteiger partial charge is 0.303 e. The summed E-state index contributed by atoms with van der Waals surface area (Å²) in [6, 6.07) is 0. The van der Waals surface area contributed by atoms with Crippen molar-refractivity contribution in [2.24, 2.45) is 0 Å². The molecule has 0 aliphatic carbocycles. The molecule has 0 heterocycles. The average molecular weight is 617 g/mol. The van der Waals surface area contributed by atoms with Gasteiger partial charge in [-0.05, 0) is 13.3 Å². The van der Waals surface area contributed by atoms with Gasteiger partial charge < -0.3 is 40.9 Å². The lowest BCUT2D eigenvalue weighted by molar-refractivity contribution is -0.143. The van der Waals surface area contributed by atoms with Gasteiger partial charge in [0.25, 0.3) is 0 Å². The summed E-state index contributed by atoms with van der Waals surface area (Å²) >= 11 is 0.